The van der Waals surface area contributed by atoms with Crippen molar-refractivity contribution in [1.29, 1.82) is 0 Å². The number of hydrogen-bond acceptors (Lipinski definition) is 2. The summed E-state index contributed by atoms with van der Waals surface area (Å²) < 4.78 is 13.1. The maximum Gasteiger partial charge on any atom is 0.226 e. The molecule has 2 aliphatic rings. The zero-order valence-corrected chi connectivity index (χ0v) is 12.1. The van der Waals surface area contributed by atoms with E-state index >= 15 is 0 Å². The van der Waals surface area contributed by atoms with Crippen molar-refractivity contribution in [2.45, 2.75) is 31.2 Å². The normalized spacial score (nSPS) is 20.9. The molecule has 3 nitrogen and oxygen atoms in total. The Labute approximate surface area is 124 Å². The molecule has 1 aromatic rings. The first kappa shape index (κ1) is 15.3. The number of hydrogen-bond donors (Lipinski definition) is 2. The average molecular weight is 299 g/mol. The first-order valence-electron chi connectivity index (χ1n) is 6.98. The summed E-state index contributed by atoms with van der Waals surface area (Å²) >= 11 is 0. The van der Waals surface area contributed by atoms with E-state index in [4.69, 9.17) is 0 Å². The van der Waals surface area contributed by atoms with Gasteiger partial charge in [0.25, 0.3) is 0 Å². The largest absolute Gasteiger partial charge is 0.346 e. The highest BCUT2D eigenvalue weighted by atomic mass is 35.5. The first-order valence-corrected chi connectivity index (χ1v) is 6.98. The van der Waals surface area contributed by atoms with E-state index in [0.717, 1.165) is 44.3 Å². The summed E-state index contributed by atoms with van der Waals surface area (Å²) in [4.78, 5) is 12.2. The van der Waals surface area contributed by atoms with Crippen molar-refractivity contribution >= 4 is 18.3 Å². The summed E-state index contributed by atoms with van der Waals surface area (Å²) in [6.07, 6.45) is 4.12. The van der Waals surface area contributed by atoms with Gasteiger partial charge in [0.2, 0.25) is 5.91 Å². The van der Waals surface area contributed by atoms with Crippen molar-refractivity contribution < 1.29 is 9.18 Å². The van der Waals surface area contributed by atoms with Crippen LogP contribution in [0.2, 0.25) is 0 Å². The lowest BCUT2D eigenvalue weighted by atomic mass is 9.87. The number of carbonyl (C=O) groups excluding carboxylic acids is 1. The molecule has 5 heteroatoms. The van der Waals surface area contributed by atoms with Crippen LogP contribution in [-0.2, 0) is 10.3 Å². The molecule has 0 radical (unpaired) electrons. The molecule has 2 N–H and O–H groups in total. The van der Waals surface area contributed by atoms with Gasteiger partial charge in [0, 0.05) is 13.1 Å². The van der Waals surface area contributed by atoms with Gasteiger partial charge in [0.1, 0.15) is 5.82 Å². The molecule has 110 valence electrons. The van der Waals surface area contributed by atoms with Gasteiger partial charge in [-0.1, -0.05) is 25.0 Å². The molecule has 0 aromatic heterocycles. The Morgan fingerprint density at radius 2 is 1.80 bits per heavy atom. The summed E-state index contributed by atoms with van der Waals surface area (Å²) in [5.74, 6) is -0.00526. The molecular formula is C15H20ClFN2O. The van der Waals surface area contributed by atoms with Gasteiger partial charge in [-0.3, -0.25) is 4.79 Å². The molecule has 2 fully saturated rings. The highest BCUT2D eigenvalue weighted by molar-refractivity contribution is 5.85. The van der Waals surface area contributed by atoms with Crippen LogP contribution >= 0.6 is 12.4 Å². The Bertz CT molecular complexity index is 467. The third-order valence-electron chi connectivity index (χ3n) is 4.37. The molecule has 0 unspecified atom stereocenters. The number of benzene rings is 1. The predicted octanol–water partition coefficient (Wildman–Crippen LogP) is 2.35. The predicted molar refractivity (Wildman–Crippen MR) is 78.3 cm³/mol. The topological polar surface area (TPSA) is 41.1 Å². The van der Waals surface area contributed by atoms with Crippen LogP contribution in [0.1, 0.15) is 31.2 Å². The second-order valence-corrected chi connectivity index (χ2v) is 5.64. The number of carbonyl (C=O) groups is 1. The summed E-state index contributed by atoms with van der Waals surface area (Å²) in [5.41, 5.74) is 0.757. The van der Waals surface area contributed by atoms with Gasteiger partial charge >= 0.3 is 0 Å². The van der Waals surface area contributed by atoms with Gasteiger partial charge in [-0.15, -0.1) is 12.4 Å². The first-order chi connectivity index (χ1) is 9.20. The maximum absolute atomic E-state index is 13.1. The van der Waals surface area contributed by atoms with Crippen molar-refractivity contribution in [2.24, 2.45) is 5.92 Å². The second kappa shape index (κ2) is 6.10. The standard InChI is InChI=1S/C15H19FN2O.ClH/c16-13-5-3-12(4-6-13)15(7-1-2-8-15)18-14(19)11-9-17-10-11;/h3-6,11,17H,1-2,7-10H2,(H,18,19);1H. The lowest BCUT2D eigenvalue weighted by Crippen LogP contribution is -2.55. The van der Waals surface area contributed by atoms with Crippen molar-refractivity contribution in [3.63, 3.8) is 0 Å². The molecule has 1 saturated carbocycles. The van der Waals surface area contributed by atoms with Gasteiger partial charge in [-0.2, -0.15) is 0 Å². The van der Waals surface area contributed by atoms with E-state index in [-0.39, 0.29) is 35.6 Å². The lowest BCUT2D eigenvalue weighted by Gasteiger charge is -2.35. The Hall–Kier alpha value is -1.13. The van der Waals surface area contributed by atoms with Crippen LogP contribution in [-0.4, -0.2) is 19.0 Å². The maximum atomic E-state index is 13.1. The molecule has 1 saturated heterocycles. The molecule has 1 heterocycles. The average Bonchev–Trinajstić information content (AvgIpc) is 2.77. The minimum absolute atomic E-state index is 0. The van der Waals surface area contributed by atoms with Gasteiger partial charge in [-0.05, 0) is 30.5 Å². The van der Waals surface area contributed by atoms with Gasteiger partial charge < -0.3 is 10.6 Å². The Morgan fingerprint density at radius 1 is 1.20 bits per heavy atom. The monoisotopic (exact) mass is 298 g/mol. The Morgan fingerprint density at radius 3 is 2.30 bits per heavy atom. The van der Waals surface area contributed by atoms with E-state index in [9.17, 15) is 9.18 Å². The Balaban J connectivity index is 0.00000147. The number of rotatable bonds is 3. The molecular weight excluding hydrogens is 279 g/mol. The minimum Gasteiger partial charge on any atom is -0.346 e. The van der Waals surface area contributed by atoms with Crippen LogP contribution in [0.4, 0.5) is 4.39 Å². The van der Waals surface area contributed by atoms with Crippen LogP contribution < -0.4 is 10.6 Å². The minimum atomic E-state index is -0.277. The van der Waals surface area contributed by atoms with Crippen molar-refractivity contribution in [3.8, 4) is 0 Å². The van der Waals surface area contributed by atoms with E-state index in [1.54, 1.807) is 12.1 Å². The molecule has 0 spiro atoms. The van der Waals surface area contributed by atoms with E-state index < -0.39 is 0 Å². The van der Waals surface area contributed by atoms with Crippen molar-refractivity contribution in [2.75, 3.05) is 13.1 Å². The van der Waals surface area contributed by atoms with Crippen LogP contribution in [0, 0.1) is 11.7 Å². The zero-order valence-electron chi connectivity index (χ0n) is 11.3. The fourth-order valence-corrected chi connectivity index (χ4v) is 3.05. The number of halogens is 2. The van der Waals surface area contributed by atoms with Crippen LogP contribution in [0.25, 0.3) is 0 Å². The van der Waals surface area contributed by atoms with Gasteiger partial charge in [-0.25, -0.2) is 4.39 Å². The third-order valence-corrected chi connectivity index (χ3v) is 4.37. The molecule has 20 heavy (non-hydrogen) atoms. The fraction of sp³-hybridized carbons (Fsp3) is 0.533. The summed E-state index contributed by atoms with van der Waals surface area (Å²) in [5, 5.41) is 6.35. The molecule has 1 amide bonds. The van der Waals surface area contributed by atoms with Crippen molar-refractivity contribution in [3.05, 3.63) is 35.6 Å². The lowest BCUT2D eigenvalue weighted by molar-refractivity contribution is -0.128. The fourth-order valence-electron chi connectivity index (χ4n) is 3.05. The van der Waals surface area contributed by atoms with Crippen LogP contribution in [0.15, 0.2) is 24.3 Å². The van der Waals surface area contributed by atoms with Crippen molar-refractivity contribution in [1.82, 2.24) is 10.6 Å². The Kier molecular flexibility index (Phi) is 4.66. The zero-order chi connectivity index (χ0) is 13.3. The summed E-state index contributed by atoms with van der Waals surface area (Å²) in [6.45, 7) is 1.54. The number of nitrogens with one attached hydrogen (secondary N) is 2. The molecule has 1 aliphatic heterocycles. The highest BCUT2D eigenvalue weighted by Crippen LogP contribution is 2.39. The van der Waals surface area contributed by atoms with E-state index in [1.807, 2.05) is 0 Å². The summed E-state index contributed by atoms with van der Waals surface area (Å²) in [6, 6.07) is 6.57. The van der Waals surface area contributed by atoms with Crippen LogP contribution in [0.3, 0.4) is 0 Å². The number of amides is 1. The highest BCUT2D eigenvalue weighted by Gasteiger charge is 2.39. The second-order valence-electron chi connectivity index (χ2n) is 5.64. The molecule has 1 aliphatic carbocycles. The van der Waals surface area contributed by atoms with Crippen LogP contribution in [0.5, 0.6) is 0 Å². The smallest absolute Gasteiger partial charge is 0.226 e. The van der Waals surface area contributed by atoms with E-state index in [2.05, 4.69) is 10.6 Å². The SMILES string of the molecule is Cl.O=C(NC1(c2ccc(F)cc2)CCCC1)C1CNC1. The molecule has 0 atom stereocenters. The van der Waals surface area contributed by atoms with Gasteiger partial charge in [0.05, 0.1) is 11.5 Å². The summed E-state index contributed by atoms with van der Waals surface area (Å²) in [7, 11) is 0. The molecule has 0 bridgehead atoms. The third kappa shape index (κ3) is 2.81. The quantitative estimate of drug-likeness (QED) is 0.899. The van der Waals surface area contributed by atoms with Gasteiger partial charge in [0.15, 0.2) is 0 Å². The van der Waals surface area contributed by atoms with E-state index in [1.165, 1.54) is 12.1 Å². The van der Waals surface area contributed by atoms with E-state index in [0.29, 0.717) is 0 Å². The molecule has 1 aromatic carbocycles. The molecule has 3 rings (SSSR count).